The summed E-state index contributed by atoms with van der Waals surface area (Å²) in [4.78, 5) is 15.1. The predicted molar refractivity (Wildman–Crippen MR) is 86.6 cm³/mol. The Balaban J connectivity index is 2.13. The van der Waals surface area contributed by atoms with Crippen LogP contribution in [0.3, 0.4) is 0 Å². The van der Waals surface area contributed by atoms with Crippen molar-refractivity contribution in [3.63, 3.8) is 0 Å². The number of nitrogens with two attached hydrogens (primary N) is 1. The van der Waals surface area contributed by atoms with Crippen LogP contribution in [-0.4, -0.2) is 23.4 Å². The van der Waals surface area contributed by atoms with Crippen LogP contribution in [-0.2, 0) is 11.3 Å². The Morgan fingerprint density at radius 2 is 2.05 bits per heavy atom. The molecule has 1 fully saturated rings. The van der Waals surface area contributed by atoms with Crippen molar-refractivity contribution in [2.45, 2.75) is 52.1 Å². The van der Waals surface area contributed by atoms with Gasteiger partial charge in [-0.15, -0.1) is 0 Å². The zero-order valence-electron chi connectivity index (χ0n) is 13.3. The van der Waals surface area contributed by atoms with Crippen LogP contribution in [0.15, 0.2) is 30.3 Å². The molecule has 1 amide bonds. The molecule has 21 heavy (non-hydrogen) atoms. The number of carbonyl (C=O) groups excluding carboxylic acids is 1. The van der Waals surface area contributed by atoms with Gasteiger partial charge in [0.2, 0.25) is 5.91 Å². The third-order valence-corrected chi connectivity index (χ3v) is 4.88. The lowest BCUT2D eigenvalue weighted by molar-refractivity contribution is -0.139. The standard InChI is InChI=1S/C18H28N2O/c1-3-14(2)20(13-15-8-5-4-6-9-15)18(21)17-11-7-10-16(17)12-19/h4-6,8-9,14,16-17H,3,7,10-13,19H2,1-2H3. The summed E-state index contributed by atoms with van der Waals surface area (Å²) in [6.45, 7) is 5.64. The Hall–Kier alpha value is -1.35. The summed E-state index contributed by atoms with van der Waals surface area (Å²) in [6, 6.07) is 10.5. The zero-order valence-corrected chi connectivity index (χ0v) is 13.3. The topological polar surface area (TPSA) is 46.3 Å². The minimum Gasteiger partial charge on any atom is -0.335 e. The molecule has 1 aliphatic carbocycles. The highest BCUT2D eigenvalue weighted by molar-refractivity contribution is 5.79. The van der Waals surface area contributed by atoms with Gasteiger partial charge in [-0.2, -0.15) is 0 Å². The van der Waals surface area contributed by atoms with Crippen molar-refractivity contribution in [1.29, 1.82) is 0 Å². The van der Waals surface area contributed by atoms with Crippen molar-refractivity contribution in [1.82, 2.24) is 4.90 Å². The van der Waals surface area contributed by atoms with E-state index in [1.54, 1.807) is 0 Å². The lowest BCUT2D eigenvalue weighted by Gasteiger charge is -2.32. The number of benzene rings is 1. The monoisotopic (exact) mass is 288 g/mol. The summed E-state index contributed by atoms with van der Waals surface area (Å²) in [5.41, 5.74) is 7.05. The molecule has 3 atom stereocenters. The molecule has 3 nitrogen and oxygen atoms in total. The minimum absolute atomic E-state index is 0.132. The van der Waals surface area contributed by atoms with Gasteiger partial charge in [0.05, 0.1) is 0 Å². The second-order valence-electron chi connectivity index (χ2n) is 6.24. The smallest absolute Gasteiger partial charge is 0.226 e. The van der Waals surface area contributed by atoms with Gasteiger partial charge in [-0.05, 0) is 44.2 Å². The molecule has 1 aliphatic rings. The Bertz CT molecular complexity index is 446. The molecular formula is C18H28N2O. The van der Waals surface area contributed by atoms with Crippen molar-refractivity contribution < 1.29 is 4.79 Å². The number of nitrogens with zero attached hydrogens (tertiary/aromatic N) is 1. The van der Waals surface area contributed by atoms with Crippen molar-refractivity contribution in [3.05, 3.63) is 35.9 Å². The highest BCUT2D eigenvalue weighted by atomic mass is 16.2. The van der Waals surface area contributed by atoms with E-state index in [0.29, 0.717) is 24.9 Å². The molecule has 0 heterocycles. The third-order valence-electron chi connectivity index (χ3n) is 4.88. The normalized spacial score (nSPS) is 23.0. The molecule has 1 aromatic rings. The molecule has 1 saturated carbocycles. The van der Waals surface area contributed by atoms with Gasteiger partial charge in [-0.1, -0.05) is 43.7 Å². The van der Waals surface area contributed by atoms with Gasteiger partial charge < -0.3 is 10.6 Å². The van der Waals surface area contributed by atoms with Crippen LogP contribution in [0.4, 0.5) is 0 Å². The second-order valence-corrected chi connectivity index (χ2v) is 6.24. The maximum absolute atomic E-state index is 13.0. The van der Waals surface area contributed by atoms with Crippen molar-refractivity contribution in [2.75, 3.05) is 6.54 Å². The van der Waals surface area contributed by atoms with E-state index in [1.807, 2.05) is 18.2 Å². The first-order valence-electron chi connectivity index (χ1n) is 8.21. The van der Waals surface area contributed by atoms with Crippen LogP contribution < -0.4 is 5.73 Å². The minimum atomic E-state index is 0.132. The first kappa shape index (κ1) is 16.0. The Labute approximate surface area is 128 Å². The van der Waals surface area contributed by atoms with Gasteiger partial charge in [0.15, 0.2) is 0 Å². The summed E-state index contributed by atoms with van der Waals surface area (Å²) in [6.07, 6.45) is 4.23. The fourth-order valence-corrected chi connectivity index (χ4v) is 3.31. The fourth-order valence-electron chi connectivity index (χ4n) is 3.31. The van der Waals surface area contributed by atoms with Crippen molar-refractivity contribution in [2.24, 2.45) is 17.6 Å². The molecule has 116 valence electrons. The van der Waals surface area contributed by atoms with Gasteiger partial charge >= 0.3 is 0 Å². The number of hydrogen-bond donors (Lipinski definition) is 1. The summed E-state index contributed by atoms with van der Waals surface area (Å²) >= 11 is 0. The molecule has 0 saturated heterocycles. The molecule has 0 aliphatic heterocycles. The largest absolute Gasteiger partial charge is 0.335 e. The average Bonchev–Trinajstić information content (AvgIpc) is 3.00. The highest BCUT2D eigenvalue weighted by Crippen LogP contribution is 2.33. The Morgan fingerprint density at radius 3 is 2.67 bits per heavy atom. The van der Waals surface area contributed by atoms with Crippen LogP contribution in [0.25, 0.3) is 0 Å². The highest BCUT2D eigenvalue weighted by Gasteiger charge is 2.35. The van der Waals surface area contributed by atoms with E-state index in [9.17, 15) is 4.79 Å². The molecule has 2 rings (SSSR count). The number of hydrogen-bond acceptors (Lipinski definition) is 2. The first-order valence-corrected chi connectivity index (χ1v) is 8.21. The summed E-state index contributed by atoms with van der Waals surface area (Å²) < 4.78 is 0. The van der Waals surface area contributed by atoms with Gasteiger partial charge in [-0.3, -0.25) is 4.79 Å². The van der Waals surface area contributed by atoms with Crippen molar-refractivity contribution >= 4 is 5.91 Å². The van der Waals surface area contributed by atoms with E-state index in [1.165, 1.54) is 5.56 Å². The SMILES string of the molecule is CCC(C)N(Cc1ccccc1)C(=O)C1CCCC1CN. The third kappa shape index (κ3) is 3.85. The first-order chi connectivity index (χ1) is 10.2. The van der Waals surface area contributed by atoms with Crippen molar-refractivity contribution in [3.8, 4) is 0 Å². The van der Waals surface area contributed by atoms with E-state index < -0.39 is 0 Å². The van der Waals surface area contributed by atoms with Gasteiger partial charge in [0.1, 0.15) is 0 Å². The zero-order chi connectivity index (χ0) is 15.2. The predicted octanol–water partition coefficient (Wildman–Crippen LogP) is 3.19. The quantitative estimate of drug-likeness (QED) is 0.874. The van der Waals surface area contributed by atoms with Gasteiger partial charge in [-0.25, -0.2) is 0 Å². The summed E-state index contributed by atoms with van der Waals surface area (Å²) in [7, 11) is 0. The van der Waals surface area contributed by atoms with E-state index in [4.69, 9.17) is 5.73 Å². The second kappa shape index (κ2) is 7.60. The molecule has 2 N–H and O–H groups in total. The van der Waals surface area contributed by atoms with Crippen LogP contribution in [0, 0.1) is 11.8 Å². The fraction of sp³-hybridized carbons (Fsp3) is 0.611. The van der Waals surface area contributed by atoms with Crippen LogP contribution >= 0.6 is 0 Å². The van der Waals surface area contributed by atoms with E-state index in [0.717, 1.165) is 25.7 Å². The lowest BCUT2D eigenvalue weighted by Crippen LogP contribution is -2.43. The number of amides is 1. The maximum Gasteiger partial charge on any atom is 0.226 e. The van der Waals surface area contributed by atoms with Gasteiger partial charge in [0, 0.05) is 18.5 Å². The van der Waals surface area contributed by atoms with Crippen LogP contribution in [0.5, 0.6) is 0 Å². The number of rotatable bonds is 6. The molecule has 0 aromatic heterocycles. The van der Waals surface area contributed by atoms with E-state index in [-0.39, 0.29) is 12.0 Å². The van der Waals surface area contributed by atoms with Gasteiger partial charge in [0.25, 0.3) is 0 Å². The molecule has 0 spiro atoms. The van der Waals surface area contributed by atoms with Crippen LogP contribution in [0.1, 0.15) is 45.1 Å². The molecule has 3 heteroatoms. The molecule has 0 bridgehead atoms. The van der Waals surface area contributed by atoms with E-state index in [2.05, 4.69) is 30.9 Å². The summed E-state index contributed by atoms with van der Waals surface area (Å²) in [5.74, 6) is 0.814. The Morgan fingerprint density at radius 1 is 1.33 bits per heavy atom. The average molecular weight is 288 g/mol. The van der Waals surface area contributed by atoms with E-state index >= 15 is 0 Å². The lowest BCUT2D eigenvalue weighted by atomic mass is 9.93. The Kier molecular flexibility index (Phi) is 5.80. The molecule has 1 aromatic carbocycles. The maximum atomic E-state index is 13.0. The number of carbonyl (C=O) groups is 1. The molecule has 0 radical (unpaired) electrons. The summed E-state index contributed by atoms with van der Waals surface area (Å²) in [5, 5.41) is 0. The molecular weight excluding hydrogens is 260 g/mol. The molecule has 3 unspecified atom stereocenters. The van der Waals surface area contributed by atoms with Crippen LogP contribution in [0.2, 0.25) is 0 Å².